The maximum atomic E-state index is 13.4. The minimum Gasteiger partial charge on any atom is -0.465 e. The number of carbonyl (C=O) groups is 1. The lowest BCUT2D eigenvalue weighted by molar-refractivity contribution is -0.0586. The van der Waals surface area contributed by atoms with Gasteiger partial charge in [0.2, 0.25) is 5.95 Å². The van der Waals surface area contributed by atoms with Gasteiger partial charge in [0, 0.05) is 31.2 Å². The van der Waals surface area contributed by atoms with E-state index in [1.807, 2.05) is 0 Å². The van der Waals surface area contributed by atoms with Crippen LogP contribution in [0, 0.1) is 5.92 Å². The van der Waals surface area contributed by atoms with E-state index in [0.29, 0.717) is 60.2 Å². The highest BCUT2D eigenvalue weighted by atomic mass is 19.3. The number of likely N-dealkylation sites (tertiary alicyclic amines) is 1. The van der Waals surface area contributed by atoms with E-state index in [1.165, 1.54) is 17.0 Å². The van der Waals surface area contributed by atoms with Gasteiger partial charge < -0.3 is 25.3 Å². The van der Waals surface area contributed by atoms with Crippen LogP contribution in [0.2, 0.25) is 0 Å². The first-order chi connectivity index (χ1) is 18.0. The van der Waals surface area contributed by atoms with Crippen LogP contribution in [0.1, 0.15) is 51.5 Å². The number of aromatic nitrogens is 4. The molecule has 10 nitrogen and oxygen atoms in total. The van der Waals surface area contributed by atoms with Crippen LogP contribution in [-0.4, -0.2) is 77.8 Å². The predicted molar refractivity (Wildman–Crippen MR) is 137 cm³/mol. The zero-order chi connectivity index (χ0) is 26.8. The number of alkyl halides is 2. The quantitative estimate of drug-likeness (QED) is 0.421. The number of hydrogen-bond donors (Lipinski definition) is 3. The van der Waals surface area contributed by atoms with Crippen molar-refractivity contribution in [3.8, 4) is 5.69 Å². The summed E-state index contributed by atoms with van der Waals surface area (Å²) in [6, 6.07) is 6.09. The van der Waals surface area contributed by atoms with Crippen LogP contribution in [0.3, 0.4) is 0 Å². The first kappa shape index (κ1) is 24.8. The van der Waals surface area contributed by atoms with Gasteiger partial charge in [-0.1, -0.05) is 12.1 Å². The number of aliphatic hydroxyl groups is 1. The second-order valence-electron chi connectivity index (χ2n) is 11.5. The van der Waals surface area contributed by atoms with Crippen molar-refractivity contribution >= 4 is 28.9 Å². The zero-order valence-electron chi connectivity index (χ0n) is 21.3. The third-order valence-electron chi connectivity index (χ3n) is 8.01. The molecule has 1 saturated carbocycles. The Morgan fingerprint density at radius 1 is 1.26 bits per heavy atom. The molecule has 0 radical (unpaired) electrons. The number of amides is 1. The van der Waals surface area contributed by atoms with Crippen LogP contribution < -0.4 is 10.2 Å². The zero-order valence-corrected chi connectivity index (χ0v) is 21.3. The van der Waals surface area contributed by atoms with Gasteiger partial charge in [-0.15, -0.1) is 0 Å². The van der Waals surface area contributed by atoms with Gasteiger partial charge in [-0.2, -0.15) is 15.1 Å². The molecule has 3 N–H and O–H groups in total. The van der Waals surface area contributed by atoms with E-state index >= 15 is 0 Å². The molecule has 2 aromatic heterocycles. The van der Waals surface area contributed by atoms with Crippen LogP contribution in [0.25, 0.3) is 16.7 Å². The highest BCUT2D eigenvalue weighted by Gasteiger charge is 2.56. The fourth-order valence-electron chi connectivity index (χ4n) is 6.16. The summed E-state index contributed by atoms with van der Waals surface area (Å²) >= 11 is 0. The molecule has 12 heteroatoms. The highest BCUT2D eigenvalue weighted by molar-refractivity contribution is 5.89. The molecule has 0 unspecified atom stereocenters. The summed E-state index contributed by atoms with van der Waals surface area (Å²) in [5, 5.41) is 28.2. The number of nitrogens with zero attached hydrogens (tertiary/aromatic N) is 6. The fourth-order valence-corrected chi connectivity index (χ4v) is 6.16. The molecule has 38 heavy (non-hydrogen) atoms. The Morgan fingerprint density at radius 2 is 2.03 bits per heavy atom. The molecule has 1 aliphatic carbocycles. The molecule has 2 saturated heterocycles. The molecule has 4 heterocycles. The minimum atomic E-state index is -2.60. The van der Waals surface area contributed by atoms with Crippen molar-refractivity contribution in [2.75, 3.05) is 29.9 Å². The number of benzene rings is 1. The summed E-state index contributed by atoms with van der Waals surface area (Å²) < 4.78 is 28.3. The van der Waals surface area contributed by atoms with Gasteiger partial charge >= 0.3 is 6.09 Å². The first-order valence-corrected chi connectivity index (χ1v) is 12.9. The number of halogens is 2. The van der Waals surface area contributed by atoms with Crippen LogP contribution >= 0.6 is 0 Å². The lowest BCUT2D eigenvalue weighted by atomic mass is 9.65. The van der Waals surface area contributed by atoms with E-state index in [0.717, 1.165) is 19.5 Å². The van der Waals surface area contributed by atoms with E-state index in [4.69, 9.17) is 9.97 Å². The molecule has 202 valence electrons. The summed E-state index contributed by atoms with van der Waals surface area (Å²) in [7, 11) is 0. The summed E-state index contributed by atoms with van der Waals surface area (Å²) in [6.07, 6.45) is 1.06. The SMILES string of the molecule is CC(C)(O)CC1CN(c2nc(NC3CC4(CCN4C(=O)O)C3)nc3c2cnn3-c2cccc(C(F)F)c2)C1. The lowest BCUT2D eigenvalue weighted by Crippen LogP contribution is -2.70. The van der Waals surface area contributed by atoms with Crippen molar-refractivity contribution in [3.05, 3.63) is 36.0 Å². The molecular formula is C26H31F2N7O3. The number of carboxylic acid groups (broad SMARTS) is 1. The monoisotopic (exact) mass is 527 g/mol. The third kappa shape index (κ3) is 4.30. The van der Waals surface area contributed by atoms with E-state index in [1.54, 1.807) is 36.9 Å². The maximum Gasteiger partial charge on any atom is 0.407 e. The van der Waals surface area contributed by atoms with Crippen LogP contribution in [-0.2, 0) is 0 Å². The minimum absolute atomic E-state index is 0.0281. The average Bonchev–Trinajstić information content (AvgIpc) is 3.20. The van der Waals surface area contributed by atoms with Crippen LogP contribution in [0.15, 0.2) is 30.5 Å². The van der Waals surface area contributed by atoms with Gasteiger partial charge in [-0.25, -0.2) is 18.3 Å². The van der Waals surface area contributed by atoms with Crippen LogP contribution in [0.4, 0.5) is 25.3 Å². The Balaban J connectivity index is 1.31. The van der Waals surface area contributed by atoms with Crippen molar-refractivity contribution < 1.29 is 23.8 Å². The molecule has 2 aliphatic heterocycles. The predicted octanol–water partition coefficient (Wildman–Crippen LogP) is 4.05. The topological polar surface area (TPSA) is 120 Å². The number of fused-ring (bicyclic) bond motifs is 1. The Labute approximate surface area is 218 Å². The largest absolute Gasteiger partial charge is 0.465 e. The standard InChI is InChI=1S/C26H31F2N7O3/c1-25(2,38)9-15-13-33(14-15)21-19-12-29-35(18-5-3-4-16(8-18)20(27)28)22(19)32-23(31-21)30-17-10-26(11-17)6-7-34(26)24(36)37/h3-5,8,12,15,17,20,38H,6-7,9-11,13-14H2,1-2H3,(H,36,37)(H,30,31,32). The van der Waals surface area contributed by atoms with E-state index < -0.39 is 18.1 Å². The summed E-state index contributed by atoms with van der Waals surface area (Å²) in [4.78, 5) is 24.7. The van der Waals surface area contributed by atoms with Gasteiger partial charge in [0.25, 0.3) is 6.43 Å². The molecule has 1 aromatic carbocycles. The molecule has 3 aromatic rings. The molecule has 3 aliphatic rings. The molecule has 0 atom stereocenters. The number of hydrogen-bond acceptors (Lipinski definition) is 7. The van der Waals surface area contributed by atoms with Crippen molar-refractivity contribution in [1.82, 2.24) is 24.6 Å². The third-order valence-corrected chi connectivity index (χ3v) is 8.01. The van der Waals surface area contributed by atoms with E-state index in [-0.39, 0.29) is 17.1 Å². The van der Waals surface area contributed by atoms with E-state index in [2.05, 4.69) is 15.3 Å². The second-order valence-corrected chi connectivity index (χ2v) is 11.5. The summed E-state index contributed by atoms with van der Waals surface area (Å²) in [5.74, 6) is 1.41. The average molecular weight is 528 g/mol. The fraction of sp³-hybridized carbons (Fsp3) is 0.538. The molecule has 0 bridgehead atoms. The van der Waals surface area contributed by atoms with Crippen molar-refractivity contribution in [2.45, 2.75) is 63.1 Å². The molecular weight excluding hydrogens is 496 g/mol. The maximum absolute atomic E-state index is 13.4. The Kier molecular flexibility index (Phi) is 5.71. The summed E-state index contributed by atoms with van der Waals surface area (Å²) in [5.41, 5.74) is -0.170. The van der Waals surface area contributed by atoms with Crippen LogP contribution in [0.5, 0.6) is 0 Å². The molecule has 3 fully saturated rings. The number of rotatable bonds is 7. The van der Waals surface area contributed by atoms with Gasteiger partial charge in [-0.05, 0) is 57.6 Å². The Hall–Kier alpha value is -3.54. The summed E-state index contributed by atoms with van der Waals surface area (Å²) in [6.45, 7) is 5.61. The van der Waals surface area contributed by atoms with E-state index in [9.17, 15) is 23.8 Å². The van der Waals surface area contributed by atoms with Gasteiger partial charge in [0.1, 0.15) is 5.82 Å². The lowest BCUT2D eigenvalue weighted by Gasteiger charge is -2.60. The van der Waals surface area contributed by atoms with Gasteiger partial charge in [0.05, 0.1) is 28.4 Å². The van der Waals surface area contributed by atoms with Gasteiger partial charge in [-0.3, -0.25) is 0 Å². The highest BCUT2D eigenvalue weighted by Crippen LogP contribution is 2.48. The smallest absolute Gasteiger partial charge is 0.407 e. The van der Waals surface area contributed by atoms with Crippen molar-refractivity contribution in [1.29, 1.82) is 0 Å². The van der Waals surface area contributed by atoms with Gasteiger partial charge in [0.15, 0.2) is 5.65 Å². The Morgan fingerprint density at radius 3 is 2.66 bits per heavy atom. The van der Waals surface area contributed by atoms with Crippen molar-refractivity contribution in [2.24, 2.45) is 5.92 Å². The number of anilines is 2. The molecule has 6 rings (SSSR count). The molecule has 1 spiro atoms. The Bertz CT molecular complexity index is 1380. The second kappa shape index (κ2) is 8.75. The van der Waals surface area contributed by atoms with Crippen molar-refractivity contribution in [3.63, 3.8) is 0 Å². The molecule has 1 amide bonds. The number of nitrogens with one attached hydrogen (secondary N) is 1. The normalized spacial score (nSPS) is 23.5. The first-order valence-electron chi connectivity index (χ1n) is 12.9.